The van der Waals surface area contributed by atoms with Crippen molar-refractivity contribution in [1.29, 1.82) is 0 Å². The van der Waals surface area contributed by atoms with E-state index in [0.29, 0.717) is 6.54 Å². The maximum absolute atomic E-state index is 13.2. The Kier molecular flexibility index (Phi) is 3.35. The van der Waals surface area contributed by atoms with Crippen molar-refractivity contribution in [3.05, 3.63) is 32.8 Å². The van der Waals surface area contributed by atoms with E-state index < -0.39 is 5.82 Å². The highest BCUT2D eigenvalue weighted by Gasteiger charge is 2.06. The lowest BCUT2D eigenvalue weighted by molar-refractivity contribution is 0.617. The van der Waals surface area contributed by atoms with Crippen molar-refractivity contribution in [3.63, 3.8) is 0 Å². The second kappa shape index (κ2) is 4.75. The molecule has 0 radical (unpaired) electrons. The zero-order valence-corrected chi connectivity index (χ0v) is 10.5. The fourth-order valence-electron chi connectivity index (χ4n) is 1.12. The summed E-state index contributed by atoms with van der Waals surface area (Å²) in [5.74, 6) is -0.344. The molecule has 0 fully saturated rings. The van der Waals surface area contributed by atoms with Crippen molar-refractivity contribution in [3.8, 4) is 0 Å². The summed E-state index contributed by atoms with van der Waals surface area (Å²) in [7, 11) is 0. The molecule has 0 aromatic carbocycles. The fraction of sp³-hybridized carbons (Fsp3) is 0.111. The number of halogens is 2. The lowest BCUT2D eigenvalue weighted by atomic mass is 10.4. The highest BCUT2D eigenvalue weighted by Crippen LogP contribution is 2.23. The third-order valence-electron chi connectivity index (χ3n) is 1.87. The van der Waals surface area contributed by atoms with Gasteiger partial charge in [0.05, 0.1) is 12.7 Å². The van der Waals surface area contributed by atoms with E-state index in [9.17, 15) is 4.39 Å². The molecule has 0 spiro atoms. The van der Waals surface area contributed by atoms with Crippen LogP contribution in [0.4, 0.5) is 16.2 Å². The molecule has 0 saturated heterocycles. The van der Waals surface area contributed by atoms with Crippen molar-refractivity contribution in [2.45, 2.75) is 6.54 Å². The highest BCUT2D eigenvalue weighted by atomic mass is 79.9. The summed E-state index contributed by atoms with van der Waals surface area (Å²) in [5, 5.41) is 4.82. The zero-order valence-electron chi connectivity index (χ0n) is 8.08. The van der Waals surface area contributed by atoms with E-state index in [2.05, 4.69) is 31.2 Å². The largest absolute Gasteiger partial charge is 0.368 e. The smallest absolute Gasteiger partial charge is 0.222 e. The first-order valence-electron chi connectivity index (χ1n) is 4.40. The van der Waals surface area contributed by atoms with E-state index in [1.54, 1.807) is 11.3 Å². The third kappa shape index (κ3) is 2.48. The molecule has 0 bridgehead atoms. The van der Waals surface area contributed by atoms with Crippen molar-refractivity contribution in [1.82, 2.24) is 9.97 Å². The van der Waals surface area contributed by atoms with Crippen LogP contribution in [0.25, 0.3) is 0 Å². The van der Waals surface area contributed by atoms with Crippen LogP contribution < -0.4 is 11.1 Å². The first kappa shape index (κ1) is 11.3. The number of nitrogen functional groups attached to an aromatic ring is 1. The third-order valence-corrected chi connectivity index (χ3v) is 3.80. The van der Waals surface area contributed by atoms with Gasteiger partial charge in [-0.1, -0.05) is 0 Å². The summed E-state index contributed by atoms with van der Waals surface area (Å²) in [5.41, 5.74) is 5.37. The standard InChI is InChI=1S/C9H8BrFN4S/c10-5-1-2-16-7(5)4-13-8-6(11)3-14-9(12)15-8/h1-3H,4H2,(H3,12,13,14,15). The summed E-state index contributed by atoms with van der Waals surface area (Å²) >= 11 is 4.96. The van der Waals surface area contributed by atoms with Crippen molar-refractivity contribution >= 4 is 39.0 Å². The van der Waals surface area contributed by atoms with Gasteiger partial charge in [-0.25, -0.2) is 9.37 Å². The number of hydrogen-bond donors (Lipinski definition) is 2. The average molecular weight is 303 g/mol. The monoisotopic (exact) mass is 302 g/mol. The average Bonchev–Trinajstić information content (AvgIpc) is 2.66. The Morgan fingerprint density at radius 1 is 1.56 bits per heavy atom. The number of rotatable bonds is 3. The van der Waals surface area contributed by atoms with Crippen LogP contribution in [0.5, 0.6) is 0 Å². The molecule has 84 valence electrons. The fourth-order valence-corrected chi connectivity index (χ4v) is 2.55. The zero-order chi connectivity index (χ0) is 11.5. The Labute approximate surface area is 104 Å². The molecule has 16 heavy (non-hydrogen) atoms. The summed E-state index contributed by atoms with van der Waals surface area (Å²) in [4.78, 5) is 8.38. The van der Waals surface area contributed by atoms with Gasteiger partial charge < -0.3 is 11.1 Å². The van der Waals surface area contributed by atoms with Gasteiger partial charge in [-0.05, 0) is 27.4 Å². The van der Waals surface area contributed by atoms with Gasteiger partial charge in [-0.3, -0.25) is 0 Å². The normalized spacial score (nSPS) is 10.4. The van der Waals surface area contributed by atoms with Gasteiger partial charge >= 0.3 is 0 Å². The topological polar surface area (TPSA) is 63.8 Å². The maximum atomic E-state index is 13.2. The molecular weight excluding hydrogens is 295 g/mol. The Morgan fingerprint density at radius 2 is 2.38 bits per heavy atom. The summed E-state index contributed by atoms with van der Waals surface area (Å²) < 4.78 is 14.2. The molecule has 0 atom stereocenters. The Hall–Kier alpha value is -1.21. The molecule has 7 heteroatoms. The van der Waals surface area contributed by atoms with Crippen LogP contribution in [0, 0.1) is 5.82 Å². The van der Waals surface area contributed by atoms with Crippen molar-refractivity contribution in [2.24, 2.45) is 0 Å². The van der Waals surface area contributed by atoms with Crippen LogP contribution in [0.2, 0.25) is 0 Å². The molecule has 0 unspecified atom stereocenters. The van der Waals surface area contributed by atoms with Crippen LogP contribution in [0.1, 0.15) is 4.88 Å². The molecule has 2 aromatic heterocycles. The molecule has 0 aliphatic carbocycles. The van der Waals surface area contributed by atoms with E-state index in [4.69, 9.17) is 5.73 Å². The minimum Gasteiger partial charge on any atom is -0.368 e. The highest BCUT2D eigenvalue weighted by molar-refractivity contribution is 9.10. The minimum atomic E-state index is -0.512. The first-order chi connectivity index (χ1) is 7.66. The van der Waals surface area contributed by atoms with Gasteiger partial charge in [0, 0.05) is 9.35 Å². The van der Waals surface area contributed by atoms with E-state index in [1.165, 1.54) is 0 Å². The van der Waals surface area contributed by atoms with Crippen LogP contribution in [-0.2, 0) is 6.54 Å². The molecule has 0 saturated carbocycles. The van der Waals surface area contributed by atoms with Crippen LogP contribution in [0.15, 0.2) is 22.1 Å². The molecule has 0 aliphatic heterocycles. The number of thiophene rings is 1. The molecule has 2 aromatic rings. The predicted octanol–water partition coefficient (Wildman–Crippen LogP) is 2.63. The molecule has 0 amide bonds. The summed E-state index contributed by atoms with van der Waals surface area (Å²) in [6.07, 6.45) is 1.05. The number of hydrogen-bond acceptors (Lipinski definition) is 5. The minimum absolute atomic E-state index is 0.0501. The molecule has 2 rings (SSSR count). The number of nitrogens with zero attached hydrogens (tertiary/aromatic N) is 2. The second-order valence-electron chi connectivity index (χ2n) is 2.97. The van der Waals surface area contributed by atoms with Crippen LogP contribution in [0.3, 0.4) is 0 Å². The van der Waals surface area contributed by atoms with Crippen molar-refractivity contribution < 1.29 is 4.39 Å². The molecule has 0 aliphatic rings. The van der Waals surface area contributed by atoms with E-state index in [0.717, 1.165) is 15.5 Å². The number of aromatic nitrogens is 2. The first-order valence-corrected chi connectivity index (χ1v) is 6.08. The van der Waals surface area contributed by atoms with Gasteiger partial charge in [0.15, 0.2) is 11.6 Å². The lowest BCUT2D eigenvalue weighted by Gasteiger charge is -2.05. The van der Waals surface area contributed by atoms with Gasteiger partial charge in [0.25, 0.3) is 0 Å². The summed E-state index contributed by atoms with van der Waals surface area (Å²) in [6.45, 7) is 0.492. The number of nitrogens with one attached hydrogen (secondary N) is 1. The Morgan fingerprint density at radius 3 is 3.06 bits per heavy atom. The quantitative estimate of drug-likeness (QED) is 0.915. The molecule has 3 N–H and O–H groups in total. The van der Waals surface area contributed by atoms with E-state index in [1.807, 2.05) is 11.4 Å². The Bertz CT molecular complexity index is 502. The number of anilines is 2. The lowest BCUT2D eigenvalue weighted by Crippen LogP contribution is -2.06. The molecule has 2 heterocycles. The maximum Gasteiger partial charge on any atom is 0.222 e. The van der Waals surface area contributed by atoms with Gasteiger partial charge in [-0.15, -0.1) is 11.3 Å². The predicted molar refractivity (Wildman–Crippen MR) is 65.7 cm³/mol. The van der Waals surface area contributed by atoms with Crippen LogP contribution >= 0.6 is 27.3 Å². The number of nitrogens with two attached hydrogens (primary N) is 1. The molecular formula is C9H8BrFN4S. The van der Waals surface area contributed by atoms with Crippen LogP contribution in [-0.4, -0.2) is 9.97 Å². The van der Waals surface area contributed by atoms with Gasteiger partial charge in [0.1, 0.15) is 0 Å². The van der Waals surface area contributed by atoms with Crippen molar-refractivity contribution in [2.75, 3.05) is 11.1 Å². The molecule has 4 nitrogen and oxygen atoms in total. The van der Waals surface area contributed by atoms with Gasteiger partial charge in [0.2, 0.25) is 5.95 Å². The van der Waals surface area contributed by atoms with E-state index in [-0.39, 0.29) is 11.8 Å². The Balaban J connectivity index is 2.10. The second-order valence-corrected chi connectivity index (χ2v) is 4.83. The van der Waals surface area contributed by atoms with E-state index >= 15 is 0 Å². The SMILES string of the molecule is Nc1ncc(F)c(NCc2sccc2Br)n1. The van der Waals surface area contributed by atoms with Gasteiger partial charge in [-0.2, -0.15) is 4.98 Å². The summed E-state index contributed by atoms with van der Waals surface area (Å²) in [6, 6.07) is 1.94.